The van der Waals surface area contributed by atoms with Gasteiger partial charge in [0.25, 0.3) is 11.8 Å². The van der Waals surface area contributed by atoms with E-state index < -0.39 is 0 Å². The van der Waals surface area contributed by atoms with Gasteiger partial charge in [-0.1, -0.05) is 30.3 Å². The van der Waals surface area contributed by atoms with Crippen LogP contribution in [0.25, 0.3) is 10.2 Å². The van der Waals surface area contributed by atoms with Crippen LogP contribution in [0.3, 0.4) is 0 Å². The number of carbonyl (C=O) groups is 2. The van der Waals surface area contributed by atoms with E-state index in [0.717, 1.165) is 21.3 Å². The molecule has 1 saturated heterocycles. The zero-order chi connectivity index (χ0) is 23.8. The Morgan fingerprint density at radius 2 is 1.85 bits per heavy atom. The molecular formula is C27H26FN3O2S. The molecule has 1 fully saturated rings. The SMILES string of the molecule is Cc1ccccc1C(=O)N1CCN(C(=O)c2cc3ccsc3n2Cc2cccc(F)c2)C[C@H]1C. The number of piperazine rings is 1. The number of hydrogen-bond acceptors (Lipinski definition) is 3. The van der Waals surface area contributed by atoms with E-state index in [9.17, 15) is 14.0 Å². The lowest BCUT2D eigenvalue weighted by molar-refractivity contribution is 0.0409. The summed E-state index contributed by atoms with van der Waals surface area (Å²) in [5.74, 6) is -0.342. The van der Waals surface area contributed by atoms with Gasteiger partial charge in [-0.05, 0) is 60.7 Å². The van der Waals surface area contributed by atoms with E-state index in [1.54, 1.807) is 17.4 Å². The molecule has 0 bridgehead atoms. The molecule has 0 radical (unpaired) electrons. The average Bonchev–Trinajstić information content (AvgIpc) is 3.41. The van der Waals surface area contributed by atoms with Gasteiger partial charge in [0.15, 0.2) is 0 Å². The molecule has 1 aliphatic heterocycles. The van der Waals surface area contributed by atoms with Crippen molar-refractivity contribution in [3.05, 3.63) is 94.2 Å². The van der Waals surface area contributed by atoms with E-state index >= 15 is 0 Å². The molecule has 1 atom stereocenters. The third kappa shape index (κ3) is 4.12. The Balaban J connectivity index is 1.37. The Labute approximate surface area is 202 Å². The number of amides is 2. The first-order valence-electron chi connectivity index (χ1n) is 11.4. The third-order valence-electron chi connectivity index (χ3n) is 6.50. The largest absolute Gasteiger partial charge is 0.334 e. The fraction of sp³-hybridized carbons (Fsp3) is 0.259. The molecule has 0 aliphatic carbocycles. The van der Waals surface area contributed by atoms with Crippen molar-refractivity contribution in [1.82, 2.24) is 14.4 Å². The predicted octanol–water partition coefficient (Wildman–Crippen LogP) is 5.19. The number of hydrogen-bond donors (Lipinski definition) is 0. The third-order valence-corrected chi connectivity index (χ3v) is 7.45. The van der Waals surface area contributed by atoms with E-state index in [0.29, 0.717) is 37.4 Å². The Bertz CT molecular complexity index is 1380. The topological polar surface area (TPSA) is 45.6 Å². The Kier molecular flexibility index (Phi) is 5.96. The number of benzene rings is 2. The monoisotopic (exact) mass is 475 g/mol. The van der Waals surface area contributed by atoms with E-state index in [-0.39, 0.29) is 23.7 Å². The smallest absolute Gasteiger partial charge is 0.270 e. The lowest BCUT2D eigenvalue weighted by Crippen LogP contribution is -2.55. The standard InChI is InChI=1S/C27H26FN3O2S/c1-18-6-3-4-9-23(18)25(32)30-12-11-29(16-19(30)2)26(33)24-15-21-10-13-34-27(21)31(24)17-20-7-5-8-22(28)14-20/h3-10,13-15,19H,11-12,16-17H2,1-2H3/t19-/m1/s1. The molecule has 0 unspecified atom stereocenters. The zero-order valence-electron chi connectivity index (χ0n) is 19.2. The normalized spacial score (nSPS) is 16.3. The molecule has 5 rings (SSSR count). The van der Waals surface area contributed by atoms with Crippen LogP contribution < -0.4 is 0 Å². The van der Waals surface area contributed by atoms with Crippen LogP contribution >= 0.6 is 11.3 Å². The second-order valence-corrected chi connectivity index (χ2v) is 9.73. The van der Waals surface area contributed by atoms with Crippen molar-refractivity contribution >= 4 is 33.4 Å². The number of nitrogens with zero attached hydrogens (tertiary/aromatic N) is 3. The average molecular weight is 476 g/mol. The maximum atomic E-state index is 13.8. The molecule has 2 aromatic carbocycles. The van der Waals surface area contributed by atoms with Crippen molar-refractivity contribution in [2.75, 3.05) is 19.6 Å². The number of aromatic nitrogens is 1. The van der Waals surface area contributed by atoms with Crippen LogP contribution in [0.2, 0.25) is 0 Å². The van der Waals surface area contributed by atoms with E-state index in [1.165, 1.54) is 12.1 Å². The Hall–Kier alpha value is -3.45. The highest BCUT2D eigenvalue weighted by Gasteiger charge is 2.32. The van der Waals surface area contributed by atoms with Gasteiger partial charge in [-0.2, -0.15) is 0 Å². The quantitative estimate of drug-likeness (QED) is 0.408. The fourth-order valence-corrected chi connectivity index (χ4v) is 5.60. The highest BCUT2D eigenvalue weighted by Crippen LogP contribution is 2.28. The van der Waals surface area contributed by atoms with Gasteiger partial charge in [-0.3, -0.25) is 9.59 Å². The lowest BCUT2D eigenvalue weighted by Gasteiger charge is -2.40. The van der Waals surface area contributed by atoms with E-state index in [4.69, 9.17) is 0 Å². The molecule has 5 nitrogen and oxygen atoms in total. The number of aryl methyl sites for hydroxylation is 1. The highest BCUT2D eigenvalue weighted by atomic mass is 32.1. The second kappa shape index (κ2) is 9.06. The van der Waals surface area contributed by atoms with Crippen LogP contribution in [0, 0.1) is 12.7 Å². The first-order chi connectivity index (χ1) is 16.4. The summed E-state index contributed by atoms with van der Waals surface area (Å²) in [6.45, 7) is 5.77. The van der Waals surface area contributed by atoms with Gasteiger partial charge in [0, 0.05) is 43.2 Å². The molecule has 1 aliphatic rings. The summed E-state index contributed by atoms with van der Waals surface area (Å²) in [6.07, 6.45) is 0. The molecule has 0 saturated carbocycles. The summed E-state index contributed by atoms with van der Waals surface area (Å²) in [5.41, 5.74) is 3.06. The molecule has 0 spiro atoms. The van der Waals surface area contributed by atoms with Crippen molar-refractivity contribution in [2.45, 2.75) is 26.4 Å². The van der Waals surface area contributed by atoms with Crippen molar-refractivity contribution < 1.29 is 14.0 Å². The molecule has 0 N–H and O–H groups in total. The van der Waals surface area contributed by atoms with E-state index in [1.807, 2.05) is 76.1 Å². The van der Waals surface area contributed by atoms with E-state index in [2.05, 4.69) is 0 Å². The van der Waals surface area contributed by atoms with Crippen molar-refractivity contribution in [3.63, 3.8) is 0 Å². The minimum absolute atomic E-state index is 0.00712. The molecule has 34 heavy (non-hydrogen) atoms. The van der Waals surface area contributed by atoms with Gasteiger partial charge in [0.2, 0.25) is 0 Å². The van der Waals surface area contributed by atoms with Crippen LogP contribution in [-0.2, 0) is 6.54 Å². The Morgan fingerprint density at radius 3 is 2.62 bits per heavy atom. The summed E-state index contributed by atoms with van der Waals surface area (Å²) in [4.78, 5) is 31.4. The lowest BCUT2D eigenvalue weighted by atomic mass is 10.1. The van der Waals surface area contributed by atoms with Gasteiger partial charge in [-0.25, -0.2) is 4.39 Å². The van der Waals surface area contributed by atoms with Crippen LogP contribution in [0.15, 0.2) is 66.0 Å². The van der Waals surface area contributed by atoms with Crippen LogP contribution in [0.5, 0.6) is 0 Å². The van der Waals surface area contributed by atoms with Crippen LogP contribution in [0.1, 0.15) is 38.9 Å². The number of thiophene rings is 1. The summed E-state index contributed by atoms with van der Waals surface area (Å²) in [6, 6.07) is 17.9. The van der Waals surface area contributed by atoms with Gasteiger partial charge >= 0.3 is 0 Å². The van der Waals surface area contributed by atoms with Gasteiger partial charge in [-0.15, -0.1) is 11.3 Å². The molecule has 3 heterocycles. The number of fused-ring (bicyclic) bond motifs is 1. The minimum Gasteiger partial charge on any atom is -0.334 e. The van der Waals surface area contributed by atoms with Gasteiger partial charge < -0.3 is 14.4 Å². The van der Waals surface area contributed by atoms with Gasteiger partial charge in [0.05, 0.1) is 0 Å². The number of rotatable bonds is 4. The highest BCUT2D eigenvalue weighted by molar-refractivity contribution is 7.16. The number of halogens is 1. The summed E-state index contributed by atoms with van der Waals surface area (Å²) < 4.78 is 15.8. The molecule has 2 amide bonds. The Morgan fingerprint density at radius 1 is 1.03 bits per heavy atom. The maximum absolute atomic E-state index is 13.8. The fourth-order valence-electron chi connectivity index (χ4n) is 4.70. The summed E-state index contributed by atoms with van der Waals surface area (Å²) >= 11 is 1.57. The number of carbonyl (C=O) groups excluding carboxylic acids is 2. The second-order valence-electron chi connectivity index (χ2n) is 8.84. The maximum Gasteiger partial charge on any atom is 0.270 e. The van der Waals surface area contributed by atoms with Crippen LogP contribution in [0.4, 0.5) is 4.39 Å². The van der Waals surface area contributed by atoms with Crippen LogP contribution in [-0.4, -0.2) is 51.9 Å². The predicted molar refractivity (Wildman–Crippen MR) is 133 cm³/mol. The first kappa shape index (κ1) is 22.3. The molecule has 7 heteroatoms. The molecular weight excluding hydrogens is 449 g/mol. The summed E-state index contributed by atoms with van der Waals surface area (Å²) in [5, 5.41) is 3.00. The van der Waals surface area contributed by atoms with Crippen molar-refractivity contribution in [2.24, 2.45) is 0 Å². The zero-order valence-corrected chi connectivity index (χ0v) is 20.0. The van der Waals surface area contributed by atoms with Gasteiger partial charge in [0.1, 0.15) is 16.3 Å². The first-order valence-corrected chi connectivity index (χ1v) is 12.3. The molecule has 174 valence electrons. The molecule has 4 aromatic rings. The van der Waals surface area contributed by atoms with Crippen molar-refractivity contribution in [3.8, 4) is 0 Å². The summed E-state index contributed by atoms with van der Waals surface area (Å²) in [7, 11) is 0. The van der Waals surface area contributed by atoms with Crippen molar-refractivity contribution in [1.29, 1.82) is 0 Å². The molecule has 2 aromatic heterocycles. The minimum atomic E-state index is -0.289.